The molecule has 0 atom stereocenters. The van der Waals surface area contributed by atoms with Crippen molar-refractivity contribution >= 4 is 11.9 Å². The smallest absolute Gasteiger partial charge is 0.338 e. The average Bonchev–Trinajstić information content (AvgIpc) is 2.47. The van der Waals surface area contributed by atoms with Gasteiger partial charge >= 0.3 is 5.97 Å². The highest BCUT2D eigenvalue weighted by molar-refractivity contribution is 5.91. The third-order valence-corrected chi connectivity index (χ3v) is 3.22. The average molecular weight is 262 g/mol. The van der Waals surface area contributed by atoms with Gasteiger partial charge < -0.3 is 10.1 Å². The Morgan fingerprint density at radius 3 is 2.58 bits per heavy atom. The molecule has 1 fully saturated rings. The molecule has 1 heterocycles. The predicted molar refractivity (Wildman–Crippen MR) is 69.5 cm³/mol. The van der Waals surface area contributed by atoms with Crippen LogP contribution in [-0.2, 0) is 9.53 Å². The lowest BCUT2D eigenvalue weighted by Crippen LogP contribution is -2.38. The normalized spacial score (nSPS) is 15.8. The Hall–Kier alpha value is -1.91. The van der Waals surface area contributed by atoms with E-state index < -0.39 is 5.97 Å². The molecule has 2 rings (SSSR count). The van der Waals surface area contributed by atoms with E-state index >= 15 is 0 Å². The molecule has 1 amide bonds. The van der Waals surface area contributed by atoms with Gasteiger partial charge in [-0.1, -0.05) is 19.3 Å². The summed E-state index contributed by atoms with van der Waals surface area (Å²) in [6, 6.07) is 3.35. The van der Waals surface area contributed by atoms with Crippen molar-refractivity contribution in [1.82, 2.24) is 10.3 Å². The molecule has 0 aliphatic heterocycles. The first kappa shape index (κ1) is 13.5. The molecule has 0 bridgehead atoms. The fraction of sp³-hybridized carbons (Fsp3) is 0.500. The van der Waals surface area contributed by atoms with E-state index in [-0.39, 0.29) is 18.6 Å². The molecule has 1 saturated carbocycles. The van der Waals surface area contributed by atoms with Gasteiger partial charge in [0.15, 0.2) is 6.61 Å². The van der Waals surface area contributed by atoms with Crippen LogP contribution in [0.4, 0.5) is 0 Å². The largest absolute Gasteiger partial charge is 0.452 e. The molecule has 19 heavy (non-hydrogen) atoms. The van der Waals surface area contributed by atoms with Crippen molar-refractivity contribution in [2.45, 2.75) is 38.1 Å². The summed E-state index contributed by atoms with van der Waals surface area (Å²) in [6.45, 7) is -0.225. The number of carbonyl (C=O) groups is 2. The van der Waals surface area contributed by atoms with Crippen LogP contribution >= 0.6 is 0 Å². The number of nitrogens with zero attached hydrogens (tertiary/aromatic N) is 1. The standard InChI is InChI=1S/C14H18N2O3/c17-13(16-12-4-2-1-3-5-12)10-19-14(18)11-6-8-15-9-7-11/h6-9,12H,1-5,10H2,(H,16,17). The predicted octanol–water partition coefficient (Wildman–Crippen LogP) is 1.69. The number of amides is 1. The number of esters is 1. The van der Waals surface area contributed by atoms with Gasteiger partial charge in [0.2, 0.25) is 0 Å². The zero-order chi connectivity index (χ0) is 13.5. The fourth-order valence-electron chi connectivity index (χ4n) is 2.22. The summed E-state index contributed by atoms with van der Waals surface area (Å²) in [6.07, 6.45) is 8.61. The molecule has 5 nitrogen and oxygen atoms in total. The summed E-state index contributed by atoms with van der Waals surface area (Å²) in [7, 11) is 0. The Kier molecular flexibility index (Phi) is 4.89. The van der Waals surface area contributed by atoms with Crippen LogP contribution in [0.15, 0.2) is 24.5 Å². The molecule has 0 spiro atoms. The van der Waals surface area contributed by atoms with Crippen molar-refractivity contribution in [1.29, 1.82) is 0 Å². The van der Waals surface area contributed by atoms with Crippen molar-refractivity contribution < 1.29 is 14.3 Å². The second-order valence-electron chi connectivity index (χ2n) is 4.71. The van der Waals surface area contributed by atoms with Gasteiger partial charge in [-0.25, -0.2) is 4.79 Å². The second-order valence-corrected chi connectivity index (χ2v) is 4.71. The number of pyridine rings is 1. The van der Waals surface area contributed by atoms with Gasteiger partial charge in [-0.3, -0.25) is 9.78 Å². The highest BCUT2D eigenvalue weighted by atomic mass is 16.5. The second kappa shape index (κ2) is 6.87. The van der Waals surface area contributed by atoms with E-state index in [2.05, 4.69) is 10.3 Å². The van der Waals surface area contributed by atoms with Gasteiger partial charge in [0, 0.05) is 18.4 Å². The zero-order valence-corrected chi connectivity index (χ0v) is 10.8. The van der Waals surface area contributed by atoms with Crippen LogP contribution < -0.4 is 5.32 Å². The van der Waals surface area contributed by atoms with E-state index in [9.17, 15) is 9.59 Å². The summed E-state index contributed by atoms with van der Waals surface area (Å²) in [5, 5.41) is 2.90. The van der Waals surface area contributed by atoms with E-state index in [0.29, 0.717) is 5.56 Å². The first-order valence-electron chi connectivity index (χ1n) is 6.62. The van der Waals surface area contributed by atoms with Crippen molar-refractivity contribution in [3.63, 3.8) is 0 Å². The van der Waals surface area contributed by atoms with Crippen molar-refractivity contribution in [2.75, 3.05) is 6.61 Å². The van der Waals surface area contributed by atoms with Gasteiger partial charge in [0.25, 0.3) is 5.91 Å². The van der Waals surface area contributed by atoms with E-state index in [1.165, 1.54) is 18.8 Å². The van der Waals surface area contributed by atoms with Crippen molar-refractivity contribution in [2.24, 2.45) is 0 Å². The topological polar surface area (TPSA) is 68.3 Å². The number of hydrogen-bond acceptors (Lipinski definition) is 4. The van der Waals surface area contributed by atoms with E-state index in [1.807, 2.05) is 0 Å². The van der Waals surface area contributed by atoms with Crippen LogP contribution in [0.3, 0.4) is 0 Å². The Bertz CT molecular complexity index is 428. The molecule has 1 aromatic heterocycles. The van der Waals surface area contributed by atoms with E-state index in [1.54, 1.807) is 12.1 Å². The lowest BCUT2D eigenvalue weighted by atomic mass is 9.95. The molecular formula is C14H18N2O3. The first-order valence-corrected chi connectivity index (χ1v) is 6.62. The fourth-order valence-corrected chi connectivity index (χ4v) is 2.22. The number of ether oxygens (including phenoxy) is 1. The summed E-state index contributed by atoms with van der Waals surface area (Å²) >= 11 is 0. The Morgan fingerprint density at radius 1 is 1.21 bits per heavy atom. The van der Waals surface area contributed by atoms with Gasteiger partial charge in [-0.05, 0) is 25.0 Å². The van der Waals surface area contributed by atoms with E-state index in [4.69, 9.17) is 4.74 Å². The van der Waals surface area contributed by atoms with Crippen LogP contribution in [-0.4, -0.2) is 29.5 Å². The van der Waals surface area contributed by atoms with Crippen LogP contribution in [0.1, 0.15) is 42.5 Å². The molecule has 102 valence electrons. The minimum atomic E-state index is -0.499. The van der Waals surface area contributed by atoms with E-state index in [0.717, 1.165) is 25.7 Å². The Balaban J connectivity index is 1.72. The maximum Gasteiger partial charge on any atom is 0.338 e. The number of nitrogens with one attached hydrogen (secondary N) is 1. The number of rotatable bonds is 4. The van der Waals surface area contributed by atoms with Gasteiger partial charge in [0.1, 0.15) is 0 Å². The maximum absolute atomic E-state index is 11.6. The Morgan fingerprint density at radius 2 is 1.89 bits per heavy atom. The molecule has 0 aromatic carbocycles. The number of carbonyl (C=O) groups excluding carboxylic acids is 2. The van der Waals surface area contributed by atoms with Gasteiger partial charge in [0.05, 0.1) is 5.56 Å². The van der Waals surface area contributed by atoms with Gasteiger partial charge in [-0.15, -0.1) is 0 Å². The van der Waals surface area contributed by atoms with Crippen LogP contribution in [0.25, 0.3) is 0 Å². The maximum atomic E-state index is 11.6. The lowest BCUT2D eigenvalue weighted by molar-refractivity contribution is -0.125. The quantitative estimate of drug-likeness (QED) is 0.838. The third kappa shape index (κ3) is 4.35. The summed E-state index contributed by atoms with van der Waals surface area (Å²) < 4.78 is 4.95. The molecule has 0 unspecified atom stereocenters. The van der Waals surface area contributed by atoms with Crippen LogP contribution in [0.5, 0.6) is 0 Å². The minimum Gasteiger partial charge on any atom is -0.452 e. The number of aromatic nitrogens is 1. The molecule has 1 aliphatic carbocycles. The van der Waals surface area contributed by atoms with Crippen LogP contribution in [0.2, 0.25) is 0 Å². The molecule has 1 aliphatic rings. The SMILES string of the molecule is O=C(COC(=O)c1ccncc1)NC1CCCCC1. The molecule has 5 heteroatoms. The monoisotopic (exact) mass is 262 g/mol. The minimum absolute atomic E-state index is 0.225. The Labute approximate surface area is 112 Å². The van der Waals surface area contributed by atoms with Crippen molar-refractivity contribution in [3.05, 3.63) is 30.1 Å². The molecule has 1 aromatic rings. The van der Waals surface area contributed by atoms with Crippen LogP contribution in [0, 0.1) is 0 Å². The molecule has 0 saturated heterocycles. The first-order chi connectivity index (χ1) is 9.25. The molecule has 0 radical (unpaired) electrons. The zero-order valence-electron chi connectivity index (χ0n) is 10.8. The lowest BCUT2D eigenvalue weighted by Gasteiger charge is -2.22. The third-order valence-electron chi connectivity index (χ3n) is 3.22. The highest BCUT2D eigenvalue weighted by Crippen LogP contribution is 2.17. The van der Waals surface area contributed by atoms with Crippen molar-refractivity contribution in [3.8, 4) is 0 Å². The number of hydrogen-bond donors (Lipinski definition) is 1. The molecule has 1 N–H and O–H groups in total. The highest BCUT2D eigenvalue weighted by Gasteiger charge is 2.16. The van der Waals surface area contributed by atoms with Gasteiger partial charge in [-0.2, -0.15) is 0 Å². The summed E-state index contributed by atoms with van der Waals surface area (Å²) in [5.74, 6) is -0.726. The summed E-state index contributed by atoms with van der Waals surface area (Å²) in [5.41, 5.74) is 0.403. The summed E-state index contributed by atoms with van der Waals surface area (Å²) in [4.78, 5) is 27.1. The molecular weight excluding hydrogens is 244 g/mol.